The molecule has 0 fully saturated rings. The normalized spacial score (nSPS) is 11.4. The Bertz CT molecular complexity index is 1030. The largest absolute Gasteiger partial charge is 0.361 e. The van der Waals surface area contributed by atoms with E-state index in [1.165, 1.54) is 11.1 Å². The van der Waals surface area contributed by atoms with Crippen LogP contribution in [0.4, 0.5) is 5.95 Å². The number of benzene rings is 2. The molecule has 0 spiro atoms. The monoisotopic (exact) mass is 362 g/mol. The van der Waals surface area contributed by atoms with Crippen molar-refractivity contribution >= 4 is 34.8 Å². The van der Waals surface area contributed by atoms with E-state index in [4.69, 9.17) is 0 Å². The number of hydrazone groups is 1. The molecule has 0 bridgehead atoms. The van der Waals surface area contributed by atoms with Crippen LogP contribution in [0.5, 0.6) is 0 Å². The molecule has 0 unspecified atom stereocenters. The Morgan fingerprint density at radius 3 is 2.88 bits per heavy atom. The number of aryl methyl sites for hydroxylation is 1. The van der Waals surface area contributed by atoms with Crippen LogP contribution >= 0.6 is 11.8 Å². The molecule has 0 atom stereocenters. The minimum atomic E-state index is 0.521. The van der Waals surface area contributed by atoms with Gasteiger partial charge < -0.3 is 4.98 Å². The summed E-state index contributed by atoms with van der Waals surface area (Å²) in [5.74, 6) is 1.35. The van der Waals surface area contributed by atoms with Gasteiger partial charge in [0.1, 0.15) is 0 Å². The number of aromatic nitrogens is 4. The van der Waals surface area contributed by atoms with Crippen molar-refractivity contribution in [1.29, 1.82) is 0 Å². The van der Waals surface area contributed by atoms with Crippen molar-refractivity contribution in [2.24, 2.45) is 5.10 Å². The van der Waals surface area contributed by atoms with Crippen molar-refractivity contribution in [1.82, 2.24) is 20.2 Å². The molecule has 4 aromatic rings. The number of para-hydroxylation sites is 1. The van der Waals surface area contributed by atoms with Crippen LogP contribution in [0.2, 0.25) is 0 Å². The highest BCUT2D eigenvalue weighted by Gasteiger charge is 2.04. The van der Waals surface area contributed by atoms with E-state index in [2.05, 4.69) is 67.9 Å². The quantitative estimate of drug-likeness (QED) is 0.271. The number of H-pyrrole nitrogens is 2. The van der Waals surface area contributed by atoms with Gasteiger partial charge in [-0.25, -0.2) is 10.5 Å². The summed E-state index contributed by atoms with van der Waals surface area (Å²) in [4.78, 5) is 7.61. The number of nitrogens with zero attached hydrogens (tertiary/aromatic N) is 3. The number of nitrogens with one attached hydrogen (secondary N) is 3. The van der Waals surface area contributed by atoms with Crippen molar-refractivity contribution in [3.05, 3.63) is 71.4 Å². The third-order valence-corrected chi connectivity index (χ3v) is 4.87. The lowest BCUT2D eigenvalue weighted by molar-refractivity contribution is 0.972. The van der Waals surface area contributed by atoms with Gasteiger partial charge in [-0.1, -0.05) is 59.8 Å². The van der Waals surface area contributed by atoms with E-state index >= 15 is 0 Å². The zero-order valence-corrected chi connectivity index (χ0v) is 15.0. The van der Waals surface area contributed by atoms with Crippen molar-refractivity contribution in [2.45, 2.75) is 17.8 Å². The molecule has 0 amide bonds. The maximum atomic E-state index is 4.39. The van der Waals surface area contributed by atoms with Crippen molar-refractivity contribution < 1.29 is 0 Å². The van der Waals surface area contributed by atoms with Gasteiger partial charge in [0.15, 0.2) is 0 Å². The molecule has 0 saturated carbocycles. The lowest BCUT2D eigenvalue weighted by atomic mass is 10.2. The Balaban J connectivity index is 1.35. The first-order chi connectivity index (χ1) is 12.8. The average molecular weight is 362 g/mol. The van der Waals surface area contributed by atoms with Crippen LogP contribution in [0.3, 0.4) is 0 Å². The average Bonchev–Trinajstić information content (AvgIpc) is 3.29. The fourth-order valence-corrected chi connectivity index (χ4v) is 3.31. The van der Waals surface area contributed by atoms with Gasteiger partial charge in [-0.05, 0) is 18.6 Å². The molecule has 2 heterocycles. The number of thioether (sulfide) groups is 1. The molecule has 0 aliphatic rings. The Kier molecular flexibility index (Phi) is 4.70. The van der Waals surface area contributed by atoms with E-state index in [0.717, 1.165) is 22.2 Å². The highest BCUT2D eigenvalue weighted by atomic mass is 32.2. The molecule has 7 heteroatoms. The predicted molar refractivity (Wildman–Crippen MR) is 107 cm³/mol. The van der Waals surface area contributed by atoms with Gasteiger partial charge in [-0.15, -0.1) is 5.10 Å². The van der Waals surface area contributed by atoms with Crippen LogP contribution in [-0.2, 0) is 5.75 Å². The summed E-state index contributed by atoms with van der Waals surface area (Å²) in [6, 6.07) is 16.6. The minimum absolute atomic E-state index is 0.521. The Morgan fingerprint density at radius 1 is 1.15 bits per heavy atom. The van der Waals surface area contributed by atoms with Crippen LogP contribution in [0.1, 0.15) is 16.7 Å². The van der Waals surface area contributed by atoms with Gasteiger partial charge in [-0.2, -0.15) is 10.1 Å². The molecule has 0 aliphatic heterocycles. The molecule has 2 aromatic heterocycles. The van der Waals surface area contributed by atoms with E-state index in [1.807, 2.05) is 24.4 Å². The molecule has 0 aliphatic carbocycles. The molecule has 6 nitrogen and oxygen atoms in total. The zero-order valence-electron chi connectivity index (χ0n) is 14.2. The van der Waals surface area contributed by atoms with E-state index in [0.29, 0.717) is 11.1 Å². The third-order valence-electron chi connectivity index (χ3n) is 3.95. The smallest absolute Gasteiger partial charge is 0.240 e. The summed E-state index contributed by atoms with van der Waals surface area (Å²) >= 11 is 1.58. The third kappa shape index (κ3) is 3.78. The number of hydrogen-bond acceptors (Lipinski definition) is 5. The highest BCUT2D eigenvalue weighted by Crippen LogP contribution is 2.20. The summed E-state index contributed by atoms with van der Waals surface area (Å²) in [5.41, 5.74) is 7.50. The summed E-state index contributed by atoms with van der Waals surface area (Å²) in [6.07, 6.45) is 3.69. The second kappa shape index (κ2) is 7.45. The summed E-state index contributed by atoms with van der Waals surface area (Å²) in [6.45, 7) is 2.08. The van der Waals surface area contributed by atoms with Gasteiger partial charge in [0.25, 0.3) is 0 Å². The van der Waals surface area contributed by atoms with E-state index in [-0.39, 0.29) is 0 Å². The Labute approximate surface area is 155 Å². The van der Waals surface area contributed by atoms with Gasteiger partial charge in [0.05, 0.1) is 6.21 Å². The van der Waals surface area contributed by atoms with E-state index < -0.39 is 0 Å². The standard InChI is InChI=1S/C19H18N6S/c1-13-6-8-14(9-7-13)12-26-19-22-18(24-25-19)23-21-11-15-10-20-17-5-3-2-4-16(15)17/h2-11,20H,12H2,1H3,(H2,22,23,24,25)/b21-11+. The molecule has 3 N–H and O–H groups in total. The van der Waals surface area contributed by atoms with Crippen LogP contribution in [0, 0.1) is 6.92 Å². The molecule has 26 heavy (non-hydrogen) atoms. The topological polar surface area (TPSA) is 81.8 Å². The van der Waals surface area contributed by atoms with Gasteiger partial charge in [0.2, 0.25) is 11.1 Å². The van der Waals surface area contributed by atoms with Crippen LogP contribution in [0.15, 0.2) is 65.0 Å². The fraction of sp³-hybridized carbons (Fsp3) is 0.105. The molecule has 4 rings (SSSR count). The number of aromatic amines is 2. The Morgan fingerprint density at radius 2 is 2.00 bits per heavy atom. The maximum absolute atomic E-state index is 4.39. The first kappa shape index (κ1) is 16.4. The van der Waals surface area contributed by atoms with Crippen LogP contribution < -0.4 is 5.43 Å². The fourth-order valence-electron chi connectivity index (χ4n) is 2.56. The zero-order chi connectivity index (χ0) is 17.8. The first-order valence-electron chi connectivity index (χ1n) is 8.24. The van der Waals surface area contributed by atoms with Crippen molar-refractivity contribution in [2.75, 3.05) is 5.43 Å². The van der Waals surface area contributed by atoms with Gasteiger partial charge in [-0.3, -0.25) is 0 Å². The van der Waals surface area contributed by atoms with Gasteiger partial charge in [0, 0.05) is 28.4 Å². The van der Waals surface area contributed by atoms with E-state index in [9.17, 15) is 0 Å². The molecule has 130 valence electrons. The second-order valence-corrected chi connectivity index (χ2v) is 6.84. The summed E-state index contributed by atoms with van der Waals surface area (Å²) < 4.78 is 0. The molecule has 2 aromatic carbocycles. The minimum Gasteiger partial charge on any atom is -0.361 e. The van der Waals surface area contributed by atoms with Gasteiger partial charge >= 0.3 is 0 Å². The van der Waals surface area contributed by atoms with Crippen molar-refractivity contribution in [3.63, 3.8) is 0 Å². The SMILES string of the molecule is Cc1ccc(CSc2n[nH]c(N/N=C/c3c[nH]c4ccccc34)n2)cc1. The van der Waals surface area contributed by atoms with Crippen molar-refractivity contribution in [3.8, 4) is 0 Å². The molecule has 0 radical (unpaired) electrons. The number of hydrogen-bond donors (Lipinski definition) is 3. The first-order valence-corrected chi connectivity index (χ1v) is 9.22. The number of anilines is 1. The molecular formula is C19H18N6S. The van der Waals surface area contributed by atoms with E-state index in [1.54, 1.807) is 18.0 Å². The lowest BCUT2D eigenvalue weighted by Crippen LogP contribution is -1.92. The van der Waals surface area contributed by atoms with Crippen LogP contribution in [0.25, 0.3) is 10.9 Å². The summed E-state index contributed by atoms with van der Waals surface area (Å²) in [5, 5.41) is 13.1. The number of fused-ring (bicyclic) bond motifs is 1. The predicted octanol–water partition coefficient (Wildman–Crippen LogP) is 4.33. The molecule has 0 saturated heterocycles. The summed E-state index contributed by atoms with van der Waals surface area (Å²) in [7, 11) is 0. The molecular weight excluding hydrogens is 344 g/mol. The highest BCUT2D eigenvalue weighted by molar-refractivity contribution is 7.98. The van der Waals surface area contributed by atoms with Crippen LogP contribution in [-0.4, -0.2) is 26.4 Å². The Hall–Kier alpha value is -3.06. The second-order valence-electron chi connectivity index (χ2n) is 5.90. The number of rotatable bonds is 6. The lowest BCUT2D eigenvalue weighted by Gasteiger charge is -1.98. The maximum Gasteiger partial charge on any atom is 0.240 e.